The van der Waals surface area contributed by atoms with Crippen LogP contribution in [-0.2, 0) is 0 Å². The molecule has 0 heterocycles. The number of benzene rings is 1. The highest BCUT2D eigenvalue weighted by atomic mass is 14.0. The zero-order valence-corrected chi connectivity index (χ0v) is 11.7. The van der Waals surface area contributed by atoms with Gasteiger partial charge in [0, 0.05) is 0 Å². The SMILES string of the molecule is C=Cc1c(C)cccc1/C=C\C.CC.CC. The Labute approximate surface area is 102 Å². The van der Waals surface area contributed by atoms with Crippen LogP contribution in [0.3, 0.4) is 0 Å². The normalized spacial score (nSPS) is 8.62. The predicted octanol–water partition coefficient (Wildman–Crippen LogP) is 5.72. The molecule has 0 aliphatic rings. The average Bonchev–Trinajstić information content (AvgIpc) is 2.35. The topological polar surface area (TPSA) is 0 Å². The van der Waals surface area contributed by atoms with Gasteiger partial charge in [-0.05, 0) is 30.5 Å². The second-order valence-electron chi connectivity index (χ2n) is 2.78. The van der Waals surface area contributed by atoms with E-state index in [0.29, 0.717) is 0 Å². The van der Waals surface area contributed by atoms with Crippen LogP contribution in [-0.4, -0.2) is 0 Å². The number of rotatable bonds is 2. The number of hydrogen-bond acceptors (Lipinski definition) is 0. The third-order valence-electron chi connectivity index (χ3n) is 1.91. The molecule has 0 amide bonds. The minimum Gasteiger partial charge on any atom is -0.0984 e. The van der Waals surface area contributed by atoms with Gasteiger partial charge in [0.25, 0.3) is 0 Å². The summed E-state index contributed by atoms with van der Waals surface area (Å²) in [7, 11) is 0. The van der Waals surface area contributed by atoms with E-state index in [1.54, 1.807) is 0 Å². The molecule has 16 heavy (non-hydrogen) atoms. The van der Waals surface area contributed by atoms with Gasteiger partial charge in [-0.1, -0.05) is 70.7 Å². The molecule has 0 saturated carbocycles. The first-order chi connectivity index (χ1) is 7.79. The Balaban J connectivity index is 0. The van der Waals surface area contributed by atoms with E-state index >= 15 is 0 Å². The first-order valence-electron chi connectivity index (χ1n) is 6.14. The molecule has 0 aromatic heterocycles. The smallest absolute Gasteiger partial charge is 0.0161 e. The van der Waals surface area contributed by atoms with Gasteiger partial charge in [0.1, 0.15) is 0 Å². The van der Waals surface area contributed by atoms with Crippen molar-refractivity contribution < 1.29 is 0 Å². The summed E-state index contributed by atoms with van der Waals surface area (Å²) in [5, 5.41) is 0. The fourth-order valence-electron chi connectivity index (χ4n) is 1.31. The van der Waals surface area contributed by atoms with E-state index in [4.69, 9.17) is 0 Å². The van der Waals surface area contributed by atoms with E-state index in [2.05, 4.69) is 37.8 Å². The Hall–Kier alpha value is -1.30. The number of allylic oxidation sites excluding steroid dienone is 1. The summed E-state index contributed by atoms with van der Waals surface area (Å²) in [6.45, 7) is 15.9. The van der Waals surface area contributed by atoms with Gasteiger partial charge < -0.3 is 0 Å². The summed E-state index contributed by atoms with van der Waals surface area (Å²) in [6.07, 6.45) is 6.05. The van der Waals surface area contributed by atoms with Gasteiger partial charge in [0.05, 0.1) is 0 Å². The van der Waals surface area contributed by atoms with E-state index in [-0.39, 0.29) is 0 Å². The van der Waals surface area contributed by atoms with Crippen molar-refractivity contribution in [2.24, 2.45) is 0 Å². The zero-order valence-electron chi connectivity index (χ0n) is 11.7. The van der Waals surface area contributed by atoms with Gasteiger partial charge in [-0.2, -0.15) is 0 Å². The quantitative estimate of drug-likeness (QED) is 0.595. The van der Waals surface area contributed by atoms with Gasteiger partial charge in [-0.15, -0.1) is 0 Å². The summed E-state index contributed by atoms with van der Waals surface area (Å²) in [6, 6.07) is 6.27. The Morgan fingerprint density at radius 2 is 1.62 bits per heavy atom. The van der Waals surface area contributed by atoms with Crippen molar-refractivity contribution in [1.29, 1.82) is 0 Å². The fraction of sp³-hybridized carbons (Fsp3) is 0.375. The van der Waals surface area contributed by atoms with Gasteiger partial charge in [-0.3, -0.25) is 0 Å². The Bertz CT molecular complexity index is 306. The molecular formula is C16H26. The van der Waals surface area contributed by atoms with Crippen LogP contribution < -0.4 is 0 Å². The molecule has 1 aromatic rings. The van der Waals surface area contributed by atoms with Crippen LogP contribution in [0, 0.1) is 6.92 Å². The third-order valence-corrected chi connectivity index (χ3v) is 1.91. The molecule has 0 N–H and O–H groups in total. The maximum atomic E-state index is 3.80. The van der Waals surface area contributed by atoms with Crippen LogP contribution in [0.4, 0.5) is 0 Å². The fourth-order valence-corrected chi connectivity index (χ4v) is 1.31. The molecule has 0 atom stereocenters. The van der Waals surface area contributed by atoms with Crippen molar-refractivity contribution in [3.63, 3.8) is 0 Å². The molecule has 0 radical (unpaired) electrons. The van der Waals surface area contributed by atoms with Gasteiger partial charge in [0.2, 0.25) is 0 Å². The Morgan fingerprint density at radius 1 is 1.06 bits per heavy atom. The Kier molecular flexibility index (Phi) is 12.6. The highest BCUT2D eigenvalue weighted by Gasteiger charge is 1.96. The summed E-state index contributed by atoms with van der Waals surface area (Å²) in [5.74, 6) is 0. The second kappa shape index (κ2) is 11.8. The lowest BCUT2D eigenvalue weighted by molar-refractivity contribution is 1.43. The van der Waals surface area contributed by atoms with Crippen molar-refractivity contribution >= 4 is 12.2 Å². The van der Waals surface area contributed by atoms with E-state index in [0.717, 1.165) is 0 Å². The highest BCUT2D eigenvalue weighted by molar-refractivity contribution is 5.66. The molecule has 1 rings (SSSR count). The van der Waals surface area contributed by atoms with Crippen molar-refractivity contribution in [1.82, 2.24) is 0 Å². The summed E-state index contributed by atoms with van der Waals surface area (Å²) in [4.78, 5) is 0. The van der Waals surface area contributed by atoms with Crippen molar-refractivity contribution in [3.8, 4) is 0 Å². The first-order valence-corrected chi connectivity index (χ1v) is 6.14. The molecule has 1 aromatic carbocycles. The molecule has 0 aliphatic carbocycles. The maximum absolute atomic E-state index is 3.80. The minimum absolute atomic E-state index is 1.23. The van der Waals surface area contributed by atoms with Gasteiger partial charge in [0.15, 0.2) is 0 Å². The second-order valence-corrected chi connectivity index (χ2v) is 2.78. The lowest BCUT2D eigenvalue weighted by Crippen LogP contribution is -1.84. The largest absolute Gasteiger partial charge is 0.0984 e. The maximum Gasteiger partial charge on any atom is -0.0161 e. The summed E-state index contributed by atoms with van der Waals surface area (Å²) in [5.41, 5.74) is 3.75. The number of hydrogen-bond donors (Lipinski definition) is 0. The van der Waals surface area contributed by atoms with Crippen molar-refractivity contribution in [2.75, 3.05) is 0 Å². The van der Waals surface area contributed by atoms with Crippen LogP contribution in [0.25, 0.3) is 12.2 Å². The number of aryl methyl sites for hydroxylation is 1. The molecular weight excluding hydrogens is 192 g/mol. The molecule has 0 aliphatic heterocycles. The van der Waals surface area contributed by atoms with Crippen LogP contribution in [0.5, 0.6) is 0 Å². The predicted molar refractivity (Wildman–Crippen MR) is 78.7 cm³/mol. The van der Waals surface area contributed by atoms with E-state index in [1.807, 2.05) is 46.8 Å². The average molecular weight is 218 g/mol. The third kappa shape index (κ3) is 5.55. The summed E-state index contributed by atoms with van der Waals surface area (Å²) < 4.78 is 0. The Morgan fingerprint density at radius 3 is 2.06 bits per heavy atom. The molecule has 0 fully saturated rings. The standard InChI is InChI=1S/C12H14.2C2H6/c1-4-7-11-9-6-8-10(3)12(11)5-2;2*1-2/h4-9H,2H2,1,3H3;2*1-2H3/b7-4-;;. The molecule has 0 unspecified atom stereocenters. The van der Waals surface area contributed by atoms with Crippen LogP contribution in [0.2, 0.25) is 0 Å². The lowest BCUT2D eigenvalue weighted by atomic mass is 10.0. The molecule has 0 bridgehead atoms. The monoisotopic (exact) mass is 218 g/mol. The van der Waals surface area contributed by atoms with E-state index in [9.17, 15) is 0 Å². The molecule has 0 saturated heterocycles. The van der Waals surface area contributed by atoms with Gasteiger partial charge >= 0.3 is 0 Å². The van der Waals surface area contributed by atoms with Crippen molar-refractivity contribution in [3.05, 3.63) is 47.5 Å². The zero-order chi connectivity index (χ0) is 13.0. The minimum atomic E-state index is 1.23. The van der Waals surface area contributed by atoms with E-state index < -0.39 is 0 Å². The van der Waals surface area contributed by atoms with Crippen molar-refractivity contribution in [2.45, 2.75) is 41.5 Å². The molecule has 90 valence electrons. The molecule has 0 nitrogen and oxygen atoms in total. The first kappa shape index (κ1) is 17.1. The molecule has 0 spiro atoms. The lowest BCUT2D eigenvalue weighted by Gasteiger charge is -2.03. The van der Waals surface area contributed by atoms with Gasteiger partial charge in [-0.25, -0.2) is 0 Å². The highest BCUT2D eigenvalue weighted by Crippen LogP contribution is 2.16. The van der Waals surface area contributed by atoms with Crippen LogP contribution >= 0.6 is 0 Å². The summed E-state index contributed by atoms with van der Waals surface area (Å²) >= 11 is 0. The molecule has 0 heteroatoms. The van der Waals surface area contributed by atoms with Crippen LogP contribution in [0.15, 0.2) is 30.9 Å². The van der Waals surface area contributed by atoms with E-state index in [1.165, 1.54) is 16.7 Å². The van der Waals surface area contributed by atoms with Crippen LogP contribution in [0.1, 0.15) is 51.3 Å².